The van der Waals surface area contributed by atoms with Crippen molar-refractivity contribution < 1.29 is 0 Å². The Balaban J connectivity index is 2.97. The fraction of sp³-hybridized carbons (Fsp3) is 0.273. The van der Waals surface area contributed by atoms with Gasteiger partial charge in [0.25, 0.3) is 0 Å². The van der Waals surface area contributed by atoms with Crippen LogP contribution in [0.25, 0.3) is 6.08 Å². The van der Waals surface area contributed by atoms with Crippen molar-refractivity contribution in [2.75, 3.05) is 5.88 Å². The first kappa shape index (κ1) is 12.3. The first-order valence-corrected chi connectivity index (χ1v) is 6.50. The number of hydrogen-bond donors (Lipinski definition) is 0. The number of rotatable bonds is 3. The van der Waals surface area contributed by atoms with Crippen LogP contribution in [0.4, 0.5) is 0 Å². The molecule has 1 rings (SSSR count). The Hall–Kier alpha value is 0.210. The summed E-state index contributed by atoms with van der Waals surface area (Å²) in [7, 11) is 0. The molecule has 0 unspecified atom stereocenters. The third-order valence-corrected chi connectivity index (χ3v) is 4.16. The highest BCUT2D eigenvalue weighted by atomic mass is 79.9. The van der Waals surface area contributed by atoms with Crippen LogP contribution in [0.3, 0.4) is 0 Å². The summed E-state index contributed by atoms with van der Waals surface area (Å²) in [6, 6.07) is 6.17. The van der Waals surface area contributed by atoms with Crippen LogP contribution in [0.1, 0.15) is 18.9 Å². The van der Waals surface area contributed by atoms with Gasteiger partial charge in [-0.25, -0.2) is 0 Å². The van der Waals surface area contributed by atoms with Crippen molar-refractivity contribution >= 4 is 49.5 Å². The normalized spacial score (nSPS) is 11.9. The SMILES string of the molecule is CC/C(=C/c1ccc(Br)c(Br)c1)CCl. The molecule has 0 fully saturated rings. The molecular weight excluding hydrogens is 327 g/mol. The number of benzene rings is 1. The maximum Gasteiger partial charge on any atom is 0.0436 e. The van der Waals surface area contributed by atoms with E-state index in [9.17, 15) is 0 Å². The van der Waals surface area contributed by atoms with Gasteiger partial charge in [0.05, 0.1) is 0 Å². The van der Waals surface area contributed by atoms with Crippen molar-refractivity contribution in [3.8, 4) is 0 Å². The van der Waals surface area contributed by atoms with Crippen LogP contribution in [0.5, 0.6) is 0 Å². The Morgan fingerprint density at radius 1 is 1.36 bits per heavy atom. The predicted octanol–water partition coefficient (Wildman–Crippen LogP) is 5.24. The van der Waals surface area contributed by atoms with Crippen molar-refractivity contribution in [3.05, 3.63) is 38.3 Å². The molecule has 0 heterocycles. The molecule has 0 atom stereocenters. The van der Waals surface area contributed by atoms with E-state index in [0.717, 1.165) is 15.4 Å². The molecule has 14 heavy (non-hydrogen) atoms. The summed E-state index contributed by atoms with van der Waals surface area (Å²) in [4.78, 5) is 0. The van der Waals surface area contributed by atoms with Crippen molar-refractivity contribution in [3.63, 3.8) is 0 Å². The average molecular weight is 338 g/mol. The van der Waals surface area contributed by atoms with Gasteiger partial charge < -0.3 is 0 Å². The van der Waals surface area contributed by atoms with Gasteiger partial charge in [0.1, 0.15) is 0 Å². The van der Waals surface area contributed by atoms with Crippen LogP contribution in [-0.4, -0.2) is 5.88 Å². The van der Waals surface area contributed by atoms with Crippen LogP contribution in [0.2, 0.25) is 0 Å². The minimum absolute atomic E-state index is 0.601. The predicted molar refractivity (Wildman–Crippen MR) is 70.8 cm³/mol. The van der Waals surface area contributed by atoms with Gasteiger partial charge in [-0.1, -0.05) is 24.6 Å². The molecule has 0 aliphatic rings. The van der Waals surface area contributed by atoms with Crippen LogP contribution < -0.4 is 0 Å². The molecule has 76 valence electrons. The number of allylic oxidation sites excluding steroid dienone is 1. The maximum atomic E-state index is 5.80. The molecular formula is C11H11Br2Cl. The van der Waals surface area contributed by atoms with Crippen LogP contribution in [0, 0.1) is 0 Å². The molecule has 1 aromatic rings. The minimum atomic E-state index is 0.601. The third-order valence-electron chi connectivity index (χ3n) is 1.94. The van der Waals surface area contributed by atoms with Gasteiger partial charge in [-0.2, -0.15) is 0 Å². The first-order valence-electron chi connectivity index (χ1n) is 4.37. The zero-order chi connectivity index (χ0) is 10.6. The van der Waals surface area contributed by atoms with E-state index in [1.54, 1.807) is 0 Å². The lowest BCUT2D eigenvalue weighted by molar-refractivity contribution is 1.12. The van der Waals surface area contributed by atoms with E-state index in [0.29, 0.717) is 5.88 Å². The molecule has 0 aliphatic heterocycles. The van der Waals surface area contributed by atoms with Gasteiger partial charge in [0, 0.05) is 14.8 Å². The molecule has 0 aliphatic carbocycles. The molecule has 0 nitrogen and oxygen atoms in total. The van der Waals surface area contributed by atoms with Crippen molar-refractivity contribution in [1.82, 2.24) is 0 Å². The highest BCUT2D eigenvalue weighted by Gasteiger charge is 1.98. The Kier molecular flexibility index (Phi) is 5.21. The highest BCUT2D eigenvalue weighted by Crippen LogP contribution is 2.25. The van der Waals surface area contributed by atoms with Gasteiger partial charge in [0.15, 0.2) is 0 Å². The molecule has 0 N–H and O–H groups in total. The summed E-state index contributed by atoms with van der Waals surface area (Å²) in [6.07, 6.45) is 3.13. The number of alkyl halides is 1. The van der Waals surface area contributed by atoms with E-state index in [4.69, 9.17) is 11.6 Å². The standard InChI is InChI=1S/C11H11Br2Cl/c1-2-8(7-14)5-9-3-4-10(12)11(13)6-9/h3-6H,2,7H2,1H3/b8-5-. The van der Waals surface area contributed by atoms with Crippen LogP contribution in [-0.2, 0) is 0 Å². The minimum Gasteiger partial charge on any atom is -0.122 e. The lowest BCUT2D eigenvalue weighted by Gasteiger charge is -2.01. The van der Waals surface area contributed by atoms with Crippen LogP contribution in [0.15, 0.2) is 32.7 Å². The molecule has 0 aromatic heterocycles. The molecule has 0 amide bonds. The molecule has 3 heteroatoms. The van der Waals surface area contributed by atoms with E-state index in [2.05, 4.69) is 57.0 Å². The Morgan fingerprint density at radius 2 is 2.07 bits per heavy atom. The maximum absolute atomic E-state index is 5.80. The quantitative estimate of drug-likeness (QED) is 0.661. The average Bonchev–Trinajstić information content (AvgIpc) is 2.19. The molecule has 0 saturated heterocycles. The fourth-order valence-corrected chi connectivity index (χ4v) is 1.98. The first-order chi connectivity index (χ1) is 6.67. The van der Waals surface area contributed by atoms with Gasteiger partial charge in [-0.05, 0) is 56.0 Å². The fourth-order valence-electron chi connectivity index (χ4n) is 1.07. The van der Waals surface area contributed by atoms with E-state index >= 15 is 0 Å². The van der Waals surface area contributed by atoms with Crippen molar-refractivity contribution in [1.29, 1.82) is 0 Å². The molecule has 1 aromatic carbocycles. The zero-order valence-electron chi connectivity index (χ0n) is 7.86. The summed E-state index contributed by atoms with van der Waals surface area (Å²) in [5.41, 5.74) is 2.43. The Labute approximate surface area is 107 Å². The summed E-state index contributed by atoms with van der Waals surface area (Å²) >= 11 is 12.7. The monoisotopic (exact) mass is 336 g/mol. The zero-order valence-corrected chi connectivity index (χ0v) is 11.8. The van der Waals surface area contributed by atoms with Gasteiger partial charge in [-0.15, -0.1) is 11.6 Å². The summed E-state index contributed by atoms with van der Waals surface area (Å²) in [5.74, 6) is 0.601. The second kappa shape index (κ2) is 5.94. The topological polar surface area (TPSA) is 0 Å². The Morgan fingerprint density at radius 3 is 2.57 bits per heavy atom. The van der Waals surface area contributed by atoms with Crippen LogP contribution >= 0.6 is 43.5 Å². The van der Waals surface area contributed by atoms with Crippen molar-refractivity contribution in [2.45, 2.75) is 13.3 Å². The highest BCUT2D eigenvalue weighted by molar-refractivity contribution is 9.13. The van der Waals surface area contributed by atoms with Crippen molar-refractivity contribution in [2.24, 2.45) is 0 Å². The molecule has 0 saturated carbocycles. The summed E-state index contributed by atoms with van der Waals surface area (Å²) in [5, 5.41) is 0. The summed E-state index contributed by atoms with van der Waals surface area (Å²) in [6.45, 7) is 2.11. The molecule has 0 bridgehead atoms. The smallest absolute Gasteiger partial charge is 0.0436 e. The molecule has 0 radical (unpaired) electrons. The summed E-state index contributed by atoms with van der Waals surface area (Å²) < 4.78 is 2.13. The van der Waals surface area contributed by atoms with Gasteiger partial charge in [-0.3, -0.25) is 0 Å². The van der Waals surface area contributed by atoms with E-state index in [1.165, 1.54) is 11.1 Å². The largest absolute Gasteiger partial charge is 0.122 e. The lowest BCUT2D eigenvalue weighted by atomic mass is 10.1. The van der Waals surface area contributed by atoms with Gasteiger partial charge in [0.2, 0.25) is 0 Å². The van der Waals surface area contributed by atoms with E-state index in [1.807, 2.05) is 6.07 Å². The number of hydrogen-bond acceptors (Lipinski definition) is 0. The third kappa shape index (κ3) is 3.41. The molecule has 0 spiro atoms. The van der Waals surface area contributed by atoms with Gasteiger partial charge >= 0.3 is 0 Å². The lowest BCUT2D eigenvalue weighted by Crippen LogP contribution is -1.83. The second-order valence-corrected chi connectivity index (χ2v) is 4.94. The van der Waals surface area contributed by atoms with E-state index < -0.39 is 0 Å². The Bertz CT molecular complexity index is 339. The second-order valence-electron chi connectivity index (χ2n) is 2.96. The van der Waals surface area contributed by atoms with E-state index in [-0.39, 0.29) is 0 Å². The number of halogens is 3.